The molecule has 142 valence electrons. The summed E-state index contributed by atoms with van der Waals surface area (Å²) >= 11 is 0. The highest BCUT2D eigenvalue weighted by atomic mass is 16.3. The number of rotatable bonds is 5. The van der Waals surface area contributed by atoms with E-state index in [4.69, 9.17) is 4.42 Å². The Kier molecular flexibility index (Phi) is 4.85. The van der Waals surface area contributed by atoms with Gasteiger partial charge in [-0.05, 0) is 37.5 Å². The number of fused-ring (bicyclic) bond motifs is 2. The van der Waals surface area contributed by atoms with Crippen LogP contribution >= 0.6 is 0 Å². The number of amides is 2. The van der Waals surface area contributed by atoms with Crippen LogP contribution in [0.1, 0.15) is 34.5 Å². The van der Waals surface area contributed by atoms with Crippen molar-refractivity contribution in [1.29, 1.82) is 0 Å². The van der Waals surface area contributed by atoms with Crippen molar-refractivity contribution >= 4 is 33.7 Å². The summed E-state index contributed by atoms with van der Waals surface area (Å²) in [5.41, 5.74) is 8.58. The van der Waals surface area contributed by atoms with Crippen molar-refractivity contribution in [2.24, 2.45) is 0 Å². The lowest BCUT2D eigenvalue weighted by atomic mass is 10.1. The first-order valence-corrected chi connectivity index (χ1v) is 9.26. The second kappa shape index (κ2) is 7.60. The van der Waals surface area contributed by atoms with Gasteiger partial charge in [-0.15, -0.1) is 0 Å². The standard InChI is InChI=1S/C22H21N3O3/c1-14-16-8-3-5-11-19(16)28-21(14)22(27)25-24-20(26)12-6-7-15-13-23-18-10-4-2-9-17(15)18/h2-5,8-11,13,23H,6-7,12H2,1H3,(H,24,26)(H,25,27). The van der Waals surface area contributed by atoms with Gasteiger partial charge in [0.15, 0.2) is 5.76 Å². The number of carbonyl (C=O) groups excluding carboxylic acids is 2. The second-order valence-corrected chi connectivity index (χ2v) is 6.77. The predicted octanol–water partition coefficient (Wildman–Crippen LogP) is 4.01. The van der Waals surface area contributed by atoms with Crippen LogP contribution in [0.2, 0.25) is 0 Å². The quantitative estimate of drug-likeness (QED) is 0.461. The van der Waals surface area contributed by atoms with Gasteiger partial charge in [0.05, 0.1) is 0 Å². The lowest BCUT2D eigenvalue weighted by molar-refractivity contribution is -0.121. The van der Waals surface area contributed by atoms with Crippen LogP contribution in [0.5, 0.6) is 0 Å². The van der Waals surface area contributed by atoms with E-state index < -0.39 is 5.91 Å². The average molecular weight is 375 g/mol. The van der Waals surface area contributed by atoms with Gasteiger partial charge in [-0.25, -0.2) is 0 Å². The van der Waals surface area contributed by atoms with Gasteiger partial charge >= 0.3 is 5.91 Å². The first-order chi connectivity index (χ1) is 13.6. The molecule has 0 spiro atoms. The summed E-state index contributed by atoms with van der Waals surface area (Å²) in [6.07, 6.45) is 3.77. The topological polar surface area (TPSA) is 87.1 Å². The molecule has 0 bridgehead atoms. The van der Waals surface area contributed by atoms with Crippen molar-refractivity contribution in [3.05, 3.63) is 71.6 Å². The summed E-state index contributed by atoms with van der Waals surface area (Å²) in [6, 6.07) is 15.5. The number of aromatic amines is 1. The number of hydrazine groups is 1. The molecule has 0 fully saturated rings. The minimum Gasteiger partial charge on any atom is -0.451 e. The van der Waals surface area contributed by atoms with Crippen LogP contribution in [0.15, 0.2) is 59.1 Å². The molecule has 2 heterocycles. The van der Waals surface area contributed by atoms with Gasteiger partial charge in [0.25, 0.3) is 0 Å². The molecule has 4 aromatic rings. The third kappa shape index (κ3) is 3.49. The van der Waals surface area contributed by atoms with E-state index >= 15 is 0 Å². The Balaban J connectivity index is 1.29. The van der Waals surface area contributed by atoms with Crippen LogP contribution < -0.4 is 10.9 Å². The Bertz CT molecular complexity index is 1160. The molecular formula is C22H21N3O3. The van der Waals surface area contributed by atoms with Gasteiger partial charge in [-0.2, -0.15) is 0 Å². The first kappa shape index (κ1) is 17.9. The van der Waals surface area contributed by atoms with Crippen molar-refractivity contribution in [3.8, 4) is 0 Å². The molecule has 4 rings (SSSR count). The van der Waals surface area contributed by atoms with Crippen molar-refractivity contribution in [2.75, 3.05) is 0 Å². The smallest absolute Gasteiger partial charge is 0.305 e. The van der Waals surface area contributed by atoms with Crippen molar-refractivity contribution in [2.45, 2.75) is 26.2 Å². The normalized spacial score (nSPS) is 11.0. The summed E-state index contributed by atoms with van der Waals surface area (Å²) in [6.45, 7) is 1.82. The van der Waals surface area contributed by atoms with Crippen LogP contribution in [-0.4, -0.2) is 16.8 Å². The summed E-state index contributed by atoms with van der Waals surface area (Å²) in [7, 11) is 0. The maximum atomic E-state index is 12.3. The fraction of sp³-hybridized carbons (Fsp3) is 0.182. The zero-order valence-electron chi connectivity index (χ0n) is 15.5. The molecule has 0 aliphatic carbocycles. The predicted molar refractivity (Wildman–Crippen MR) is 108 cm³/mol. The maximum absolute atomic E-state index is 12.3. The molecule has 6 nitrogen and oxygen atoms in total. The zero-order valence-corrected chi connectivity index (χ0v) is 15.5. The Hall–Kier alpha value is -3.54. The van der Waals surface area contributed by atoms with Gasteiger partial charge in [-0.1, -0.05) is 36.4 Å². The van der Waals surface area contributed by atoms with Crippen LogP contribution in [0.4, 0.5) is 0 Å². The highest BCUT2D eigenvalue weighted by molar-refractivity contribution is 5.99. The maximum Gasteiger partial charge on any atom is 0.305 e. The van der Waals surface area contributed by atoms with E-state index in [1.165, 1.54) is 10.9 Å². The minimum absolute atomic E-state index is 0.209. The SMILES string of the molecule is Cc1c(C(=O)NNC(=O)CCCc2c[nH]c3ccccc23)oc2ccccc12. The van der Waals surface area contributed by atoms with E-state index in [2.05, 4.69) is 21.9 Å². The Morgan fingerprint density at radius 1 is 1.00 bits per heavy atom. The summed E-state index contributed by atoms with van der Waals surface area (Å²) in [4.78, 5) is 27.6. The fourth-order valence-electron chi connectivity index (χ4n) is 3.41. The third-order valence-corrected chi connectivity index (χ3v) is 4.89. The molecule has 0 aliphatic heterocycles. The number of carbonyl (C=O) groups is 2. The van der Waals surface area contributed by atoms with E-state index in [9.17, 15) is 9.59 Å². The third-order valence-electron chi connectivity index (χ3n) is 4.89. The first-order valence-electron chi connectivity index (χ1n) is 9.26. The highest BCUT2D eigenvalue weighted by Gasteiger charge is 2.17. The molecule has 0 atom stereocenters. The molecule has 28 heavy (non-hydrogen) atoms. The van der Waals surface area contributed by atoms with Crippen LogP contribution in [0, 0.1) is 6.92 Å². The average Bonchev–Trinajstić information content (AvgIpc) is 3.28. The molecule has 3 N–H and O–H groups in total. The van der Waals surface area contributed by atoms with Crippen molar-refractivity contribution in [3.63, 3.8) is 0 Å². The highest BCUT2D eigenvalue weighted by Crippen LogP contribution is 2.24. The fourth-order valence-corrected chi connectivity index (χ4v) is 3.41. The Morgan fingerprint density at radius 2 is 1.75 bits per heavy atom. The summed E-state index contributed by atoms with van der Waals surface area (Å²) in [5.74, 6) is -0.485. The monoisotopic (exact) mass is 375 g/mol. The minimum atomic E-state index is -0.460. The molecule has 2 aromatic heterocycles. The van der Waals surface area contributed by atoms with E-state index in [1.807, 2.05) is 55.6 Å². The van der Waals surface area contributed by atoms with Crippen LogP contribution in [0.3, 0.4) is 0 Å². The van der Waals surface area contributed by atoms with E-state index in [0.717, 1.165) is 22.9 Å². The lowest BCUT2D eigenvalue weighted by Crippen LogP contribution is -2.41. The number of benzene rings is 2. The number of hydrogen-bond donors (Lipinski definition) is 3. The number of aryl methyl sites for hydroxylation is 2. The second-order valence-electron chi connectivity index (χ2n) is 6.77. The molecule has 0 saturated heterocycles. The number of nitrogens with one attached hydrogen (secondary N) is 3. The molecule has 0 unspecified atom stereocenters. The summed E-state index contributed by atoms with van der Waals surface area (Å²) < 4.78 is 5.60. The molecule has 2 aromatic carbocycles. The van der Waals surface area contributed by atoms with Gasteiger partial charge < -0.3 is 9.40 Å². The largest absolute Gasteiger partial charge is 0.451 e. The number of hydrogen-bond acceptors (Lipinski definition) is 3. The molecule has 2 amide bonds. The van der Waals surface area contributed by atoms with Gasteiger partial charge in [-0.3, -0.25) is 20.4 Å². The van der Waals surface area contributed by atoms with Crippen LogP contribution in [0.25, 0.3) is 21.9 Å². The molecule has 6 heteroatoms. The molecule has 0 saturated carbocycles. The van der Waals surface area contributed by atoms with Crippen molar-refractivity contribution < 1.29 is 14.0 Å². The number of para-hydroxylation sites is 2. The molecular weight excluding hydrogens is 354 g/mol. The van der Waals surface area contributed by atoms with Crippen LogP contribution in [-0.2, 0) is 11.2 Å². The number of furan rings is 1. The molecule has 0 radical (unpaired) electrons. The van der Waals surface area contributed by atoms with Gasteiger partial charge in [0.2, 0.25) is 5.91 Å². The lowest BCUT2D eigenvalue weighted by Gasteiger charge is -2.06. The van der Waals surface area contributed by atoms with E-state index in [1.54, 1.807) is 0 Å². The van der Waals surface area contributed by atoms with E-state index in [0.29, 0.717) is 18.4 Å². The molecule has 0 aliphatic rings. The van der Waals surface area contributed by atoms with Gasteiger partial charge in [0.1, 0.15) is 5.58 Å². The zero-order chi connectivity index (χ0) is 19.5. The van der Waals surface area contributed by atoms with Gasteiger partial charge in [0, 0.05) is 34.5 Å². The van der Waals surface area contributed by atoms with Crippen molar-refractivity contribution in [1.82, 2.24) is 15.8 Å². The number of aromatic nitrogens is 1. The van der Waals surface area contributed by atoms with E-state index in [-0.39, 0.29) is 11.7 Å². The Labute approximate surface area is 161 Å². The number of H-pyrrole nitrogens is 1. The Morgan fingerprint density at radius 3 is 2.57 bits per heavy atom. The summed E-state index contributed by atoms with van der Waals surface area (Å²) in [5, 5.41) is 2.06.